The number of carbonyl (C=O) groups is 1. The molecule has 2 heterocycles. The third-order valence-electron chi connectivity index (χ3n) is 4.76. The number of hydrogen-bond acceptors (Lipinski definition) is 4. The van der Waals surface area contributed by atoms with Gasteiger partial charge in [-0.15, -0.1) is 0 Å². The van der Waals surface area contributed by atoms with Crippen molar-refractivity contribution >= 4 is 22.7 Å². The monoisotopic (exact) mass is 378 g/mol. The number of ether oxygens (including phenoxy) is 1. The van der Waals surface area contributed by atoms with Gasteiger partial charge in [-0.1, -0.05) is 18.2 Å². The average molecular weight is 378 g/mol. The SMILES string of the molecule is CC(C)(C)OC(=O)N1CC[C@@H](Nc2ccc(-n3cc4ccccc4n3)cc2)C1. The molecule has 146 valence electrons. The largest absolute Gasteiger partial charge is 0.444 e. The highest BCUT2D eigenvalue weighted by Crippen LogP contribution is 2.21. The van der Waals surface area contributed by atoms with Crippen LogP contribution in [0.1, 0.15) is 27.2 Å². The summed E-state index contributed by atoms with van der Waals surface area (Å²) in [5, 5.41) is 9.25. The van der Waals surface area contributed by atoms with Crippen molar-refractivity contribution in [3.63, 3.8) is 0 Å². The van der Waals surface area contributed by atoms with E-state index in [0.29, 0.717) is 13.1 Å². The van der Waals surface area contributed by atoms with Gasteiger partial charge in [-0.25, -0.2) is 9.48 Å². The van der Waals surface area contributed by atoms with Crippen LogP contribution in [0.25, 0.3) is 16.6 Å². The topological polar surface area (TPSA) is 59.4 Å². The Morgan fingerprint density at radius 2 is 1.89 bits per heavy atom. The van der Waals surface area contributed by atoms with E-state index in [2.05, 4.69) is 40.7 Å². The molecule has 6 nitrogen and oxygen atoms in total. The summed E-state index contributed by atoms with van der Waals surface area (Å²) in [6, 6.07) is 16.5. The quantitative estimate of drug-likeness (QED) is 0.732. The normalized spacial score (nSPS) is 17.1. The molecule has 1 saturated heterocycles. The zero-order valence-electron chi connectivity index (χ0n) is 16.6. The minimum absolute atomic E-state index is 0.227. The molecule has 1 aromatic heterocycles. The minimum atomic E-state index is -0.463. The lowest BCUT2D eigenvalue weighted by Crippen LogP contribution is -2.36. The van der Waals surface area contributed by atoms with Crippen LogP contribution in [-0.4, -0.2) is 45.5 Å². The maximum Gasteiger partial charge on any atom is 0.410 e. The van der Waals surface area contributed by atoms with Gasteiger partial charge in [0, 0.05) is 36.4 Å². The van der Waals surface area contributed by atoms with Crippen LogP contribution in [0.3, 0.4) is 0 Å². The van der Waals surface area contributed by atoms with Crippen molar-refractivity contribution in [2.24, 2.45) is 0 Å². The number of nitrogens with zero attached hydrogens (tertiary/aromatic N) is 3. The first-order valence-electron chi connectivity index (χ1n) is 9.67. The first-order chi connectivity index (χ1) is 13.4. The number of aromatic nitrogens is 2. The fraction of sp³-hybridized carbons (Fsp3) is 0.364. The molecule has 6 heteroatoms. The van der Waals surface area contributed by atoms with Gasteiger partial charge in [0.1, 0.15) is 5.60 Å². The van der Waals surface area contributed by atoms with Gasteiger partial charge < -0.3 is 15.0 Å². The van der Waals surface area contributed by atoms with E-state index in [-0.39, 0.29) is 12.1 Å². The molecule has 1 amide bonds. The molecule has 0 saturated carbocycles. The molecule has 1 atom stereocenters. The second kappa shape index (κ2) is 7.19. The van der Waals surface area contributed by atoms with E-state index in [0.717, 1.165) is 28.7 Å². The molecule has 0 aliphatic carbocycles. The Balaban J connectivity index is 1.38. The lowest BCUT2D eigenvalue weighted by atomic mass is 10.2. The number of rotatable bonds is 3. The van der Waals surface area contributed by atoms with Gasteiger partial charge in [0.05, 0.1) is 11.2 Å². The van der Waals surface area contributed by atoms with Gasteiger partial charge in [0.2, 0.25) is 0 Å². The number of carbonyl (C=O) groups excluding carboxylic acids is 1. The highest BCUT2D eigenvalue weighted by Gasteiger charge is 2.29. The maximum absolute atomic E-state index is 12.2. The molecule has 1 N–H and O–H groups in total. The number of anilines is 1. The molecule has 2 aromatic carbocycles. The van der Waals surface area contributed by atoms with E-state index >= 15 is 0 Å². The number of likely N-dealkylation sites (tertiary alicyclic amines) is 1. The number of nitrogens with one attached hydrogen (secondary N) is 1. The molecule has 28 heavy (non-hydrogen) atoms. The second-order valence-electron chi connectivity index (χ2n) is 8.24. The molecule has 0 unspecified atom stereocenters. The molecule has 0 spiro atoms. The van der Waals surface area contributed by atoms with Crippen molar-refractivity contribution < 1.29 is 9.53 Å². The Bertz CT molecular complexity index is 939. The molecule has 0 bridgehead atoms. The maximum atomic E-state index is 12.2. The Morgan fingerprint density at radius 3 is 2.61 bits per heavy atom. The van der Waals surface area contributed by atoms with E-state index in [9.17, 15) is 4.79 Å². The fourth-order valence-corrected chi connectivity index (χ4v) is 3.41. The standard InChI is InChI=1S/C22H26N4O2/c1-22(2,3)28-21(27)25-13-12-18(15-25)23-17-8-10-19(11-9-17)26-14-16-6-4-5-7-20(16)24-26/h4-11,14,18,23H,12-13,15H2,1-3H3/t18-/m1/s1. The fourth-order valence-electron chi connectivity index (χ4n) is 3.41. The van der Waals surface area contributed by atoms with E-state index in [1.165, 1.54) is 0 Å². The van der Waals surface area contributed by atoms with Crippen molar-refractivity contribution in [1.82, 2.24) is 14.7 Å². The Morgan fingerprint density at radius 1 is 1.14 bits per heavy atom. The zero-order chi connectivity index (χ0) is 19.7. The lowest BCUT2D eigenvalue weighted by Gasteiger charge is -2.24. The second-order valence-corrected chi connectivity index (χ2v) is 8.24. The summed E-state index contributed by atoms with van der Waals surface area (Å²) in [5.74, 6) is 0. The van der Waals surface area contributed by atoms with Crippen molar-refractivity contribution in [1.29, 1.82) is 0 Å². The molecule has 0 radical (unpaired) electrons. The van der Waals surface area contributed by atoms with Crippen LogP contribution >= 0.6 is 0 Å². The van der Waals surface area contributed by atoms with Crippen molar-refractivity contribution in [3.8, 4) is 5.69 Å². The number of benzene rings is 2. The van der Waals surface area contributed by atoms with Gasteiger partial charge in [-0.3, -0.25) is 0 Å². The summed E-state index contributed by atoms with van der Waals surface area (Å²) >= 11 is 0. The molecule has 1 fully saturated rings. The predicted molar refractivity (Wildman–Crippen MR) is 111 cm³/mol. The minimum Gasteiger partial charge on any atom is -0.444 e. The van der Waals surface area contributed by atoms with Crippen LogP contribution in [0.4, 0.5) is 10.5 Å². The number of hydrogen-bond donors (Lipinski definition) is 1. The third kappa shape index (κ3) is 4.11. The van der Waals surface area contributed by atoms with Crippen molar-refractivity contribution in [3.05, 3.63) is 54.7 Å². The highest BCUT2D eigenvalue weighted by molar-refractivity contribution is 5.78. The Labute approximate surface area is 165 Å². The molecule has 4 rings (SSSR count). The molecular formula is C22H26N4O2. The summed E-state index contributed by atoms with van der Waals surface area (Å²) < 4.78 is 7.36. The summed E-state index contributed by atoms with van der Waals surface area (Å²) in [4.78, 5) is 14.0. The van der Waals surface area contributed by atoms with Crippen LogP contribution in [0.2, 0.25) is 0 Å². The molecule has 1 aliphatic heterocycles. The van der Waals surface area contributed by atoms with Crippen LogP contribution in [0.5, 0.6) is 0 Å². The molecular weight excluding hydrogens is 352 g/mol. The highest BCUT2D eigenvalue weighted by atomic mass is 16.6. The zero-order valence-corrected chi connectivity index (χ0v) is 16.6. The van der Waals surface area contributed by atoms with Gasteiger partial charge in [-0.2, -0.15) is 5.10 Å². The number of amides is 1. The Kier molecular flexibility index (Phi) is 4.71. The van der Waals surface area contributed by atoms with Crippen LogP contribution in [-0.2, 0) is 4.74 Å². The van der Waals surface area contributed by atoms with Crippen LogP contribution in [0.15, 0.2) is 54.7 Å². The van der Waals surface area contributed by atoms with Crippen molar-refractivity contribution in [2.45, 2.75) is 38.8 Å². The Hall–Kier alpha value is -3.02. The van der Waals surface area contributed by atoms with E-state index in [1.54, 1.807) is 4.90 Å². The van der Waals surface area contributed by atoms with Crippen LogP contribution in [0, 0.1) is 0 Å². The summed E-state index contributed by atoms with van der Waals surface area (Å²) in [6.07, 6.45) is 2.71. The van der Waals surface area contributed by atoms with E-state index in [4.69, 9.17) is 4.74 Å². The summed E-state index contributed by atoms with van der Waals surface area (Å²) in [7, 11) is 0. The van der Waals surface area contributed by atoms with Gasteiger partial charge in [-0.05, 0) is 57.5 Å². The first-order valence-corrected chi connectivity index (χ1v) is 9.67. The van der Waals surface area contributed by atoms with Gasteiger partial charge >= 0.3 is 6.09 Å². The van der Waals surface area contributed by atoms with Crippen LogP contribution < -0.4 is 5.32 Å². The first kappa shape index (κ1) is 18.3. The van der Waals surface area contributed by atoms with Crippen molar-refractivity contribution in [2.75, 3.05) is 18.4 Å². The summed E-state index contributed by atoms with van der Waals surface area (Å²) in [5.41, 5.74) is 2.58. The number of fused-ring (bicyclic) bond motifs is 1. The predicted octanol–water partition coefficient (Wildman–Crippen LogP) is 4.45. The molecule has 3 aromatic rings. The average Bonchev–Trinajstić information content (AvgIpc) is 3.27. The summed E-state index contributed by atoms with van der Waals surface area (Å²) in [6.45, 7) is 7.04. The van der Waals surface area contributed by atoms with E-state index in [1.807, 2.05) is 49.8 Å². The third-order valence-corrected chi connectivity index (χ3v) is 4.76. The van der Waals surface area contributed by atoms with Gasteiger partial charge in [0.25, 0.3) is 0 Å². The lowest BCUT2D eigenvalue weighted by molar-refractivity contribution is 0.0293. The van der Waals surface area contributed by atoms with Gasteiger partial charge in [0.15, 0.2) is 0 Å². The smallest absolute Gasteiger partial charge is 0.410 e. The molecule has 1 aliphatic rings. The van der Waals surface area contributed by atoms with E-state index < -0.39 is 5.60 Å².